The van der Waals surface area contributed by atoms with Crippen molar-refractivity contribution < 1.29 is 58.1 Å². The molecule has 1 heterocycles. The molecule has 25 nitrogen and oxygen atoms in total. The van der Waals surface area contributed by atoms with Gasteiger partial charge in [-0.2, -0.15) is 0 Å². The Morgan fingerprint density at radius 3 is 1.88 bits per heavy atom. The summed E-state index contributed by atoms with van der Waals surface area (Å²) in [7, 11) is 1.60. The van der Waals surface area contributed by atoms with E-state index in [1.165, 1.54) is 32.9 Å². The molecule has 1 saturated heterocycles. The van der Waals surface area contributed by atoms with Crippen LogP contribution in [-0.4, -0.2) is 138 Å². The number of hydrogen-bond acceptors (Lipinski definition) is 12. The molecule has 0 radical (unpaired) electrons. The summed E-state index contributed by atoms with van der Waals surface area (Å²) in [6.45, 7) is 7.86. The van der Waals surface area contributed by atoms with Crippen LogP contribution in [0.15, 0.2) is 75.9 Å². The summed E-state index contributed by atoms with van der Waals surface area (Å²) >= 11 is 0. The van der Waals surface area contributed by atoms with E-state index in [4.69, 9.17) is 27.7 Å². The highest BCUT2D eigenvalue weighted by molar-refractivity contribution is 6.00. The van der Waals surface area contributed by atoms with Crippen LogP contribution in [0.2, 0.25) is 0 Å². The van der Waals surface area contributed by atoms with Crippen LogP contribution in [0, 0.1) is 11.8 Å². The summed E-state index contributed by atoms with van der Waals surface area (Å²) in [5.74, 6) is -11.4. The number of aliphatic imine (C=N–C) groups is 2. The van der Waals surface area contributed by atoms with E-state index >= 15 is 0 Å². The Hall–Kier alpha value is -7.83. The Bertz CT molecular complexity index is 2240. The van der Waals surface area contributed by atoms with Crippen LogP contribution in [0.5, 0.6) is 0 Å². The number of rotatable bonds is 17. The lowest BCUT2D eigenvalue weighted by Crippen LogP contribution is -2.56. The molecule has 1 aromatic rings. The zero-order valence-corrected chi connectivity index (χ0v) is 42.1. The lowest BCUT2D eigenvalue weighted by Gasteiger charge is -2.27. The van der Waals surface area contributed by atoms with E-state index in [2.05, 4.69) is 47.2 Å². The summed E-state index contributed by atoms with van der Waals surface area (Å²) in [5, 5.41) is 37.5. The average Bonchev–Trinajstić information content (AvgIpc) is 3.33. The number of benzene rings is 1. The third-order valence-electron chi connectivity index (χ3n) is 11.5. The summed E-state index contributed by atoms with van der Waals surface area (Å²) in [4.78, 5) is 128. The number of aliphatic carboxylic acids is 2. The van der Waals surface area contributed by atoms with Crippen LogP contribution in [0.25, 0.3) is 0 Å². The number of carbonyl (C=O) groups is 9. The summed E-state index contributed by atoms with van der Waals surface area (Å²) in [5.41, 5.74) is 23.3. The number of ether oxygens (including phenoxy) is 1. The Labute approximate surface area is 424 Å². The molecule has 0 saturated carbocycles. The quantitative estimate of drug-likeness (QED) is 0.0276. The number of carbonyl (C=O) groups excluding carboxylic acids is 7. The predicted octanol–water partition coefficient (Wildman–Crippen LogP) is -1.57. The first-order valence-electron chi connectivity index (χ1n) is 23.7. The van der Waals surface area contributed by atoms with Gasteiger partial charge in [0.1, 0.15) is 35.9 Å². The number of methoxy groups -OCH3 is 1. The number of allylic oxidation sites excluding steroid dienone is 3. The van der Waals surface area contributed by atoms with Crippen molar-refractivity contribution in [3.8, 4) is 0 Å². The van der Waals surface area contributed by atoms with Gasteiger partial charge in [0, 0.05) is 32.5 Å². The number of amides is 7. The zero-order chi connectivity index (χ0) is 54.8. The normalized spacial score (nSPS) is 24.1. The van der Waals surface area contributed by atoms with E-state index in [-0.39, 0.29) is 68.4 Å². The fourth-order valence-electron chi connectivity index (χ4n) is 7.33. The molecule has 7 amide bonds. The van der Waals surface area contributed by atoms with Crippen molar-refractivity contribution >= 4 is 65.2 Å². The maximum Gasteiger partial charge on any atom is 0.326 e. The number of carboxylic acids is 2. The van der Waals surface area contributed by atoms with Gasteiger partial charge in [-0.05, 0) is 64.9 Å². The number of guanidine groups is 2. The first-order chi connectivity index (χ1) is 34.4. The third kappa shape index (κ3) is 22.9. The SMILES string of the molecule is C/C=C1/NC(=O)CC[C@H](C(=O)O)NC(=O)[C@@H](C)[C@H](/C=C/C(C)=C/[C@H](C)[C@H](Cc2ccccc2)OC)NC(=O)[C@H](CCCN=C(N)N)NC(=O)C[C@H](C(=O)O)NC(=O)[C@H](CCCN=C(N)N)NC(=O)[C@@H](C)NC1=O. The molecule has 1 aliphatic rings. The molecule has 17 N–H and O–H groups in total. The van der Waals surface area contributed by atoms with E-state index < -0.39 is 115 Å². The van der Waals surface area contributed by atoms with Crippen LogP contribution in [0.4, 0.5) is 0 Å². The molecule has 402 valence electrons. The fourth-order valence-corrected chi connectivity index (χ4v) is 7.33. The summed E-state index contributed by atoms with van der Waals surface area (Å²) in [6, 6.07) is 0.758. The van der Waals surface area contributed by atoms with E-state index in [0.29, 0.717) is 12.0 Å². The van der Waals surface area contributed by atoms with E-state index in [0.717, 1.165) is 5.56 Å². The summed E-state index contributed by atoms with van der Waals surface area (Å²) < 4.78 is 5.81. The molecule has 0 spiro atoms. The van der Waals surface area contributed by atoms with Gasteiger partial charge in [0.15, 0.2) is 11.9 Å². The molecule has 1 aromatic carbocycles. The highest BCUT2D eigenvalue weighted by atomic mass is 16.5. The molecular formula is C48H73N13O12. The number of hydrogen-bond donors (Lipinski definition) is 13. The van der Waals surface area contributed by atoms with Crippen LogP contribution in [0.3, 0.4) is 0 Å². The first kappa shape index (κ1) is 61.3. The van der Waals surface area contributed by atoms with E-state index in [1.54, 1.807) is 20.1 Å². The fraction of sp³-hybridized carbons (Fsp3) is 0.521. The Morgan fingerprint density at radius 1 is 0.767 bits per heavy atom. The minimum Gasteiger partial charge on any atom is -0.480 e. The second-order valence-corrected chi connectivity index (χ2v) is 17.5. The molecule has 0 aromatic heterocycles. The second-order valence-electron chi connectivity index (χ2n) is 17.5. The minimum atomic E-state index is -1.91. The highest BCUT2D eigenvalue weighted by Gasteiger charge is 2.34. The lowest BCUT2D eigenvalue weighted by atomic mass is 9.94. The molecule has 1 fully saturated rings. The number of nitrogens with one attached hydrogen (secondary N) is 7. The maximum absolute atomic E-state index is 14.3. The molecule has 9 atom stereocenters. The second kappa shape index (κ2) is 31.5. The first-order valence-corrected chi connectivity index (χ1v) is 23.7. The van der Waals surface area contributed by atoms with Crippen LogP contribution >= 0.6 is 0 Å². The topological polar surface area (TPSA) is 416 Å². The molecule has 0 aliphatic carbocycles. The zero-order valence-electron chi connectivity index (χ0n) is 42.1. The molecule has 73 heavy (non-hydrogen) atoms. The Morgan fingerprint density at radius 2 is 1.33 bits per heavy atom. The van der Waals surface area contributed by atoms with Gasteiger partial charge in [0.05, 0.1) is 24.5 Å². The van der Waals surface area contributed by atoms with Gasteiger partial charge in [-0.1, -0.05) is 74.1 Å². The number of nitrogens with two attached hydrogens (primary N) is 4. The Kier molecular flexibility index (Phi) is 26.4. The minimum absolute atomic E-state index is 0.00238. The van der Waals surface area contributed by atoms with Crippen LogP contribution in [0.1, 0.15) is 85.1 Å². The number of carboxylic acid groups (broad SMARTS) is 2. The van der Waals surface area contributed by atoms with Crippen molar-refractivity contribution in [3.63, 3.8) is 0 Å². The van der Waals surface area contributed by atoms with Crippen molar-refractivity contribution in [2.45, 2.75) is 128 Å². The molecule has 25 heteroatoms. The molecule has 0 unspecified atom stereocenters. The molecule has 0 bridgehead atoms. The van der Waals surface area contributed by atoms with Crippen molar-refractivity contribution in [1.29, 1.82) is 0 Å². The van der Waals surface area contributed by atoms with Crippen LogP contribution in [-0.2, 0) is 54.3 Å². The maximum atomic E-state index is 14.3. The highest BCUT2D eigenvalue weighted by Crippen LogP contribution is 2.18. The average molecular weight is 1020 g/mol. The van der Waals surface area contributed by atoms with Gasteiger partial charge in [0.25, 0.3) is 5.91 Å². The van der Waals surface area contributed by atoms with Crippen molar-refractivity contribution in [2.75, 3.05) is 20.2 Å². The smallest absolute Gasteiger partial charge is 0.326 e. The van der Waals surface area contributed by atoms with Gasteiger partial charge in [-0.15, -0.1) is 0 Å². The van der Waals surface area contributed by atoms with Crippen molar-refractivity contribution in [2.24, 2.45) is 44.8 Å². The van der Waals surface area contributed by atoms with Gasteiger partial charge in [-0.3, -0.25) is 43.5 Å². The molecular weight excluding hydrogens is 951 g/mol. The summed E-state index contributed by atoms with van der Waals surface area (Å²) in [6.07, 6.45) is 4.77. The van der Waals surface area contributed by atoms with Gasteiger partial charge >= 0.3 is 11.9 Å². The van der Waals surface area contributed by atoms with Crippen LogP contribution < -0.4 is 60.2 Å². The standard InChI is InChI=1S/C48H73N13O12/c1-7-31-42(66)55-29(5)41(65)59-34(16-12-22-54-48(51)52)44(68)61-36(46(71)72)25-39(63)57-33(15-11-21-53-47(49)50)43(67)58-32(28(4)40(64)60-35(45(69)70)19-20-38(62)56-31)18-17-26(2)23-27(3)37(73-6)24-30-13-9-8-10-14-30/h7-10,13-14,17-18,23,27-29,32-37H,11-12,15-16,19-22,24-25H2,1-6H3,(H,55,66)(H,56,62)(H,57,63)(H,58,67)(H,59,65)(H,60,64)(H,61,68)(H,69,70)(H,71,72)(H4,49,50,53)(H4,51,52,54)/b18-17+,26-23+,31-7+/t27-,28-,29+,32-,33-,34-,35+,36+,37-/m0/s1. The van der Waals surface area contributed by atoms with Gasteiger partial charge < -0.3 is 75.1 Å². The van der Waals surface area contributed by atoms with Gasteiger partial charge in [0.2, 0.25) is 35.4 Å². The largest absolute Gasteiger partial charge is 0.480 e. The van der Waals surface area contributed by atoms with Gasteiger partial charge in [-0.25, -0.2) is 9.59 Å². The van der Waals surface area contributed by atoms with Crippen molar-refractivity contribution in [3.05, 3.63) is 71.5 Å². The van der Waals surface area contributed by atoms with Crippen molar-refractivity contribution in [1.82, 2.24) is 37.2 Å². The van der Waals surface area contributed by atoms with E-state index in [1.807, 2.05) is 43.3 Å². The predicted molar refractivity (Wildman–Crippen MR) is 270 cm³/mol. The monoisotopic (exact) mass is 1020 g/mol. The molecule has 1 aliphatic heterocycles. The molecule has 2 rings (SSSR count). The Balaban J connectivity index is 2.69. The lowest BCUT2D eigenvalue weighted by molar-refractivity contribution is -0.144. The van der Waals surface area contributed by atoms with E-state index in [9.17, 15) is 53.4 Å². The third-order valence-corrected chi connectivity index (χ3v) is 11.5. The number of nitrogens with zero attached hydrogens (tertiary/aromatic N) is 2.